The number of hydrogen-bond acceptors (Lipinski definition) is 5. The van der Waals surface area contributed by atoms with Crippen molar-refractivity contribution in [2.24, 2.45) is 0 Å². The van der Waals surface area contributed by atoms with Gasteiger partial charge >= 0.3 is 5.97 Å². The second kappa shape index (κ2) is 11.0. The average Bonchev–Trinajstić information content (AvgIpc) is 2.76. The molecule has 0 aliphatic heterocycles. The second-order valence-corrected chi connectivity index (χ2v) is 8.67. The summed E-state index contributed by atoms with van der Waals surface area (Å²) in [7, 11) is -3.72. The Labute approximate surface area is 182 Å². The lowest BCUT2D eigenvalue weighted by atomic mass is 10.2. The predicted molar refractivity (Wildman–Crippen MR) is 114 cm³/mol. The minimum absolute atomic E-state index is 0.0155. The van der Waals surface area contributed by atoms with Crippen molar-refractivity contribution in [3.8, 4) is 0 Å². The molecule has 9 heteroatoms. The van der Waals surface area contributed by atoms with Gasteiger partial charge in [0.25, 0.3) is 5.91 Å². The van der Waals surface area contributed by atoms with Gasteiger partial charge in [0.15, 0.2) is 6.61 Å². The summed E-state index contributed by atoms with van der Waals surface area (Å²) in [6, 6.07) is 11.4. The zero-order valence-electron chi connectivity index (χ0n) is 17.9. The topological polar surface area (TPSA) is 84.0 Å². The normalized spacial score (nSPS) is 11.4. The molecule has 0 unspecified atom stereocenters. The lowest BCUT2D eigenvalue weighted by molar-refractivity contribution is -0.134. The first-order chi connectivity index (χ1) is 14.7. The van der Waals surface area contributed by atoms with Gasteiger partial charge in [-0.1, -0.05) is 32.0 Å². The van der Waals surface area contributed by atoms with Crippen molar-refractivity contribution < 1.29 is 27.1 Å². The Hall–Kier alpha value is -2.78. The number of carbonyl (C=O) groups excluding carboxylic acids is 2. The number of esters is 1. The maximum Gasteiger partial charge on any atom is 0.338 e. The van der Waals surface area contributed by atoms with Gasteiger partial charge in [-0.2, -0.15) is 4.31 Å². The van der Waals surface area contributed by atoms with Crippen LogP contribution < -0.4 is 0 Å². The lowest BCUT2D eigenvalue weighted by Crippen LogP contribution is -2.34. The van der Waals surface area contributed by atoms with Crippen molar-refractivity contribution in [3.63, 3.8) is 0 Å². The van der Waals surface area contributed by atoms with Crippen molar-refractivity contribution in [3.05, 3.63) is 65.5 Å². The molecular weight excluding hydrogens is 423 g/mol. The van der Waals surface area contributed by atoms with Crippen LogP contribution in [0, 0.1) is 5.82 Å². The van der Waals surface area contributed by atoms with Crippen molar-refractivity contribution in [2.45, 2.75) is 32.2 Å². The molecule has 7 nitrogen and oxygen atoms in total. The first kappa shape index (κ1) is 24.5. The molecule has 2 aromatic rings. The molecule has 2 rings (SSSR count). The molecule has 0 atom stereocenters. The van der Waals surface area contributed by atoms with Gasteiger partial charge in [0.1, 0.15) is 5.82 Å². The zero-order valence-corrected chi connectivity index (χ0v) is 18.7. The van der Waals surface area contributed by atoms with Crippen LogP contribution in [0.4, 0.5) is 4.39 Å². The van der Waals surface area contributed by atoms with E-state index in [1.165, 1.54) is 45.6 Å². The van der Waals surface area contributed by atoms with Crippen LogP contribution >= 0.6 is 0 Å². The number of sulfonamides is 1. The molecule has 0 aliphatic carbocycles. The Morgan fingerprint density at radius 2 is 1.65 bits per heavy atom. The highest BCUT2D eigenvalue weighted by Crippen LogP contribution is 2.17. The van der Waals surface area contributed by atoms with E-state index in [1.807, 2.05) is 0 Å². The van der Waals surface area contributed by atoms with Gasteiger partial charge in [-0.05, 0) is 42.8 Å². The fraction of sp³-hybridized carbons (Fsp3) is 0.364. The standard InChI is InChI=1S/C22H27FN2O5S/c1-4-24(15-17-9-7-11-19(23)13-17)21(26)16-30-22(27)18-10-8-12-20(14-18)31(28,29)25(5-2)6-3/h7-14H,4-6,15-16H2,1-3H3. The van der Waals surface area contributed by atoms with E-state index in [0.717, 1.165) is 0 Å². The number of ether oxygens (including phenoxy) is 1. The van der Waals surface area contributed by atoms with Crippen LogP contribution in [0.3, 0.4) is 0 Å². The molecule has 0 heterocycles. The first-order valence-electron chi connectivity index (χ1n) is 10.0. The number of carbonyl (C=O) groups is 2. The Bertz CT molecular complexity index is 1020. The smallest absolute Gasteiger partial charge is 0.338 e. The Kier molecular flexibility index (Phi) is 8.70. The molecular formula is C22H27FN2O5S. The number of likely N-dealkylation sites (N-methyl/N-ethyl adjacent to an activating group) is 1. The fourth-order valence-corrected chi connectivity index (χ4v) is 4.53. The number of hydrogen-bond donors (Lipinski definition) is 0. The third kappa shape index (κ3) is 6.35. The first-order valence-corrected chi connectivity index (χ1v) is 11.5. The van der Waals surface area contributed by atoms with Gasteiger partial charge in [0, 0.05) is 26.2 Å². The van der Waals surface area contributed by atoms with Crippen molar-refractivity contribution >= 4 is 21.9 Å². The predicted octanol–water partition coefficient (Wildman–Crippen LogP) is 3.06. The molecule has 1 amide bonds. The fourth-order valence-electron chi connectivity index (χ4n) is 3.03. The summed E-state index contributed by atoms with van der Waals surface area (Å²) < 4.78 is 45.0. The van der Waals surface area contributed by atoms with Crippen LogP contribution in [0.2, 0.25) is 0 Å². The highest BCUT2D eigenvalue weighted by Gasteiger charge is 2.23. The van der Waals surface area contributed by atoms with Gasteiger partial charge in [-0.15, -0.1) is 0 Å². The number of rotatable bonds is 10. The minimum Gasteiger partial charge on any atom is -0.452 e. The molecule has 0 radical (unpaired) electrons. The van der Waals surface area contributed by atoms with E-state index in [1.54, 1.807) is 32.9 Å². The van der Waals surface area contributed by atoms with Gasteiger partial charge < -0.3 is 9.64 Å². The maximum atomic E-state index is 13.4. The van der Waals surface area contributed by atoms with E-state index >= 15 is 0 Å². The molecule has 0 aliphatic rings. The summed E-state index contributed by atoms with van der Waals surface area (Å²) in [4.78, 5) is 26.3. The third-order valence-electron chi connectivity index (χ3n) is 4.74. The number of benzene rings is 2. The largest absolute Gasteiger partial charge is 0.452 e. The number of nitrogens with zero attached hydrogens (tertiary/aromatic N) is 2. The molecule has 0 saturated heterocycles. The molecule has 0 N–H and O–H groups in total. The number of halogens is 1. The van der Waals surface area contributed by atoms with E-state index in [2.05, 4.69) is 0 Å². The van der Waals surface area contributed by atoms with Crippen LogP contribution in [0.5, 0.6) is 0 Å². The maximum absolute atomic E-state index is 13.4. The third-order valence-corrected chi connectivity index (χ3v) is 6.78. The molecule has 0 spiro atoms. The molecule has 0 saturated carbocycles. The summed E-state index contributed by atoms with van der Waals surface area (Å²) in [5.74, 6) is -1.63. The van der Waals surface area contributed by atoms with E-state index in [4.69, 9.17) is 4.74 Å². The summed E-state index contributed by atoms with van der Waals surface area (Å²) in [6.45, 7) is 5.87. The van der Waals surface area contributed by atoms with Gasteiger partial charge in [-0.25, -0.2) is 17.6 Å². The van der Waals surface area contributed by atoms with Crippen molar-refractivity contribution in [1.29, 1.82) is 0 Å². The summed E-state index contributed by atoms with van der Waals surface area (Å²) in [6.07, 6.45) is 0. The lowest BCUT2D eigenvalue weighted by Gasteiger charge is -2.21. The monoisotopic (exact) mass is 450 g/mol. The van der Waals surface area contributed by atoms with E-state index in [-0.39, 0.29) is 17.0 Å². The molecule has 31 heavy (non-hydrogen) atoms. The Morgan fingerprint density at radius 3 is 2.26 bits per heavy atom. The Balaban J connectivity index is 2.05. The molecule has 0 fully saturated rings. The molecule has 168 valence electrons. The molecule has 0 aromatic heterocycles. The van der Waals surface area contributed by atoms with Gasteiger partial charge in [0.05, 0.1) is 10.5 Å². The van der Waals surface area contributed by atoms with Crippen molar-refractivity contribution in [2.75, 3.05) is 26.2 Å². The Morgan fingerprint density at radius 1 is 0.968 bits per heavy atom. The average molecular weight is 451 g/mol. The van der Waals surface area contributed by atoms with Crippen LogP contribution in [0.15, 0.2) is 53.4 Å². The van der Waals surface area contributed by atoms with Crippen LogP contribution in [0.1, 0.15) is 36.7 Å². The van der Waals surface area contributed by atoms with Gasteiger partial charge in [0.2, 0.25) is 10.0 Å². The molecule has 2 aromatic carbocycles. The zero-order chi connectivity index (χ0) is 23.0. The summed E-state index contributed by atoms with van der Waals surface area (Å²) >= 11 is 0. The summed E-state index contributed by atoms with van der Waals surface area (Å²) in [5, 5.41) is 0. The quantitative estimate of drug-likeness (QED) is 0.520. The summed E-state index contributed by atoms with van der Waals surface area (Å²) in [5.41, 5.74) is 0.657. The number of amides is 1. The van der Waals surface area contributed by atoms with E-state index in [0.29, 0.717) is 25.2 Å². The van der Waals surface area contributed by atoms with Crippen molar-refractivity contribution in [1.82, 2.24) is 9.21 Å². The minimum atomic E-state index is -3.72. The van der Waals surface area contributed by atoms with E-state index < -0.39 is 34.3 Å². The van der Waals surface area contributed by atoms with Gasteiger partial charge in [-0.3, -0.25) is 4.79 Å². The SMILES string of the molecule is CCN(Cc1cccc(F)c1)C(=O)COC(=O)c1cccc(S(=O)(=O)N(CC)CC)c1. The molecule has 0 bridgehead atoms. The van der Waals surface area contributed by atoms with Crippen LogP contribution in [-0.4, -0.2) is 55.7 Å². The second-order valence-electron chi connectivity index (χ2n) is 6.73. The highest BCUT2D eigenvalue weighted by atomic mass is 32.2. The highest BCUT2D eigenvalue weighted by molar-refractivity contribution is 7.89. The van der Waals surface area contributed by atoms with E-state index in [9.17, 15) is 22.4 Å². The van der Waals surface area contributed by atoms with Crippen LogP contribution in [-0.2, 0) is 26.1 Å². The van der Waals surface area contributed by atoms with Crippen LogP contribution in [0.25, 0.3) is 0 Å².